The standard InChI is InChI=1S/C17H25NO3/c1-17(2,14-20)18(3)10-12-21-16-9-6-8-15(13-16)7-4-5-11-19/h6,8-9,13,19-20H,5,10-12,14H2,1-3H3. The average molecular weight is 291 g/mol. The quantitative estimate of drug-likeness (QED) is 0.748. The van der Waals surface area contributed by atoms with E-state index in [9.17, 15) is 5.11 Å². The third-order valence-corrected chi connectivity index (χ3v) is 3.42. The van der Waals surface area contributed by atoms with Crippen LogP contribution in [0.5, 0.6) is 5.75 Å². The molecule has 2 N–H and O–H groups in total. The summed E-state index contributed by atoms with van der Waals surface area (Å²) in [6, 6.07) is 7.61. The normalized spacial score (nSPS) is 11.1. The van der Waals surface area contributed by atoms with Gasteiger partial charge < -0.3 is 14.9 Å². The van der Waals surface area contributed by atoms with Crippen LogP contribution >= 0.6 is 0 Å². The molecule has 4 heteroatoms. The maximum Gasteiger partial charge on any atom is 0.120 e. The molecule has 0 fully saturated rings. The Kier molecular flexibility index (Phi) is 7.24. The molecule has 21 heavy (non-hydrogen) atoms. The molecule has 0 aliphatic heterocycles. The molecule has 1 rings (SSSR count). The Hall–Kier alpha value is -1.54. The molecule has 0 atom stereocenters. The van der Waals surface area contributed by atoms with Crippen molar-refractivity contribution in [2.45, 2.75) is 25.8 Å². The number of ether oxygens (including phenoxy) is 1. The Morgan fingerprint density at radius 2 is 2.05 bits per heavy atom. The summed E-state index contributed by atoms with van der Waals surface area (Å²) in [6.07, 6.45) is 0.478. The van der Waals surface area contributed by atoms with Gasteiger partial charge in [0.15, 0.2) is 0 Å². The van der Waals surface area contributed by atoms with Crippen molar-refractivity contribution in [2.24, 2.45) is 0 Å². The van der Waals surface area contributed by atoms with Crippen molar-refractivity contribution in [3.8, 4) is 17.6 Å². The van der Waals surface area contributed by atoms with Crippen molar-refractivity contribution >= 4 is 0 Å². The molecule has 1 aromatic rings. The molecule has 0 unspecified atom stereocenters. The molecular weight excluding hydrogens is 266 g/mol. The lowest BCUT2D eigenvalue weighted by atomic mass is 10.1. The van der Waals surface area contributed by atoms with E-state index in [4.69, 9.17) is 9.84 Å². The molecule has 0 aliphatic carbocycles. The Bertz CT molecular complexity index is 488. The predicted octanol–water partition coefficient (Wildman–Crippen LogP) is 1.50. The van der Waals surface area contributed by atoms with Crippen LogP contribution in [-0.4, -0.2) is 54.1 Å². The molecular formula is C17H25NO3. The summed E-state index contributed by atoms with van der Waals surface area (Å²) in [6.45, 7) is 5.45. The highest BCUT2D eigenvalue weighted by molar-refractivity contribution is 5.39. The zero-order chi connectivity index (χ0) is 15.7. The average Bonchev–Trinajstić information content (AvgIpc) is 2.48. The van der Waals surface area contributed by atoms with Gasteiger partial charge in [-0.1, -0.05) is 17.9 Å². The topological polar surface area (TPSA) is 52.9 Å². The first-order valence-corrected chi connectivity index (χ1v) is 7.14. The molecule has 0 aromatic heterocycles. The highest BCUT2D eigenvalue weighted by atomic mass is 16.5. The molecule has 0 aliphatic rings. The van der Waals surface area contributed by atoms with Crippen molar-refractivity contribution < 1.29 is 14.9 Å². The van der Waals surface area contributed by atoms with Crippen molar-refractivity contribution in [3.63, 3.8) is 0 Å². The molecule has 0 amide bonds. The number of aliphatic hydroxyl groups is 2. The SMILES string of the molecule is CN(CCOc1cccc(C#CCCO)c1)C(C)(C)CO. The van der Waals surface area contributed by atoms with Gasteiger partial charge in [-0.3, -0.25) is 4.90 Å². The van der Waals surface area contributed by atoms with E-state index in [1.165, 1.54) is 0 Å². The summed E-state index contributed by atoms with van der Waals surface area (Å²) >= 11 is 0. The van der Waals surface area contributed by atoms with Gasteiger partial charge in [0.25, 0.3) is 0 Å². The Morgan fingerprint density at radius 3 is 2.71 bits per heavy atom. The Labute approximate surface area is 127 Å². The van der Waals surface area contributed by atoms with E-state index in [0.717, 1.165) is 17.9 Å². The van der Waals surface area contributed by atoms with Gasteiger partial charge in [0.2, 0.25) is 0 Å². The summed E-state index contributed by atoms with van der Waals surface area (Å²) in [4.78, 5) is 2.07. The first-order chi connectivity index (χ1) is 9.99. The molecule has 0 saturated heterocycles. The van der Waals surface area contributed by atoms with Crippen LogP contribution in [0, 0.1) is 11.8 Å². The molecule has 116 valence electrons. The number of rotatable bonds is 7. The van der Waals surface area contributed by atoms with Gasteiger partial charge in [-0.2, -0.15) is 0 Å². The van der Waals surface area contributed by atoms with Gasteiger partial charge in [0, 0.05) is 24.1 Å². The van der Waals surface area contributed by atoms with Crippen LogP contribution in [-0.2, 0) is 0 Å². The smallest absolute Gasteiger partial charge is 0.120 e. The third-order valence-electron chi connectivity index (χ3n) is 3.42. The summed E-state index contributed by atoms with van der Waals surface area (Å²) in [5.41, 5.74) is 0.631. The van der Waals surface area contributed by atoms with Crippen molar-refractivity contribution in [2.75, 3.05) is 33.4 Å². The van der Waals surface area contributed by atoms with Gasteiger partial charge in [-0.05, 0) is 39.1 Å². The minimum atomic E-state index is -0.249. The summed E-state index contributed by atoms with van der Waals surface area (Å²) in [5.74, 6) is 6.65. The number of benzene rings is 1. The van der Waals surface area contributed by atoms with Gasteiger partial charge in [-0.15, -0.1) is 0 Å². The first kappa shape index (κ1) is 17.5. The van der Waals surface area contributed by atoms with Crippen molar-refractivity contribution in [1.29, 1.82) is 0 Å². The lowest BCUT2D eigenvalue weighted by molar-refractivity contribution is 0.0679. The second-order valence-corrected chi connectivity index (χ2v) is 5.54. The highest BCUT2D eigenvalue weighted by Crippen LogP contribution is 2.14. The lowest BCUT2D eigenvalue weighted by Gasteiger charge is -2.33. The van der Waals surface area contributed by atoms with E-state index in [0.29, 0.717) is 13.0 Å². The molecule has 0 spiro atoms. The fraction of sp³-hybridized carbons (Fsp3) is 0.529. The Balaban J connectivity index is 2.50. The number of likely N-dealkylation sites (N-methyl/N-ethyl adjacent to an activating group) is 1. The van der Waals surface area contributed by atoms with Gasteiger partial charge in [0.05, 0.1) is 13.2 Å². The fourth-order valence-electron chi connectivity index (χ4n) is 1.61. The molecule has 0 bridgehead atoms. The van der Waals surface area contributed by atoms with E-state index >= 15 is 0 Å². The number of nitrogens with zero attached hydrogens (tertiary/aromatic N) is 1. The van der Waals surface area contributed by atoms with Gasteiger partial charge in [0.1, 0.15) is 12.4 Å². The number of hydrogen-bond acceptors (Lipinski definition) is 4. The minimum absolute atomic E-state index is 0.0795. The zero-order valence-corrected chi connectivity index (χ0v) is 13.1. The largest absolute Gasteiger partial charge is 0.492 e. The summed E-state index contributed by atoms with van der Waals surface area (Å²) < 4.78 is 5.72. The van der Waals surface area contributed by atoms with Crippen molar-refractivity contribution in [1.82, 2.24) is 4.90 Å². The number of aliphatic hydroxyl groups excluding tert-OH is 2. The van der Waals surface area contributed by atoms with E-state index in [2.05, 4.69) is 16.7 Å². The zero-order valence-electron chi connectivity index (χ0n) is 13.1. The second kappa shape index (κ2) is 8.68. The Morgan fingerprint density at radius 1 is 1.29 bits per heavy atom. The van der Waals surface area contributed by atoms with Crippen LogP contribution < -0.4 is 4.74 Å². The number of hydrogen-bond donors (Lipinski definition) is 2. The second-order valence-electron chi connectivity index (χ2n) is 5.54. The fourth-order valence-corrected chi connectivity index (χ4v) is 1.61. The van der Waals surface area contributed by atoms with Crippen LogP contribution in [0.1, 0.15) is 25.8 Å². The maximum absolute atomic E-state index is 9.30. The lowest BCUT2D eigenvalue weighted by Crippen LogP contribution is -2.45. The molecule has 0 heterocycles. The van der Waals surface area contributed by atoms with Gasteiger partial charge >= 0.3 is 0 Å². The molecule has 0 saturated carbocycles. The molecule has 0 radical (unpaired) electrons. The highest BCUT2D eigenvalue weighted by Gasteiger charge is 2.21. The summed E-state index contributed by atoms with van der Waals surface area (Å²) in [5, 5.41) is 18.0. The predicted molar refractivity (Wildman–Crippen MR) is 84.3 cm³/mol. The van der Waals surface area contributed by atoms with Crippen LogP contribution in [0.2, 0.25) is 0 Å². The molecule has 1 aromatic carbocycles. The van der Waals surface area contributed by atoms with Crippen LogP contribution in [0.4, 0.5) is 0 Å². The minimum Gasteiger partial charge on any atom is -0.492 e. The van der Waals surface area contributed by atoms with E-state index in [1.807, 2.05) is 45.2 Å². The van der Waals surface area contributed by atoms with E-state index < -0.39 is 0 Å². The molecule has 4 nitrogen and oxygen atoms in total. The first-order valence-electron chi connectivity index (χ1n) is 7.14. The van der Waals surface area contributed by atoms with E-state index in [1.54, 1.807) is 0 Å². The van der Waals surface area contributed by atoms with Crippen LogP contribution in [0.3, 0.4) is 0 Å². The van der Waals surface area contributed by atoms with Crippen LogP contribution in [0.15, 0.2) is 24.3 Å². The van der Waals surface area contributed by atoms with Crippen LogP contribution in [0.25, 0.3) is 0 Å². The summed E-state index contributed by atoms with van der Waals surface area (Å²) in [7, 11) is 1.97. The maximum atomic E-state index is 9.30. The van der Waals surface area contributed by atoms with Gasteiger partial charge in [-0.25, -0.2) is 0 Å². The monoisotopic (exact) mass is 291 g/mol. The van der Waals surface area contributed by atoms with Crippen molar-refractivity contribution in [3.05, 3.63) is 29.8 Å². The van der Waals surface area contributed by atoms with E-state index in [-0.39, 0.29) is 18.8 Å². The third kappa shape index (κ3) is 6.17.